The van der Waals surface area contributed by atoms with Gasteiger partial charge in [0.15, 0.2) is 0 Å². The molecule has 10 nitrogen and oxygen atoms in total. The second-order valence-corrected chi connectivity index (χ2v) is 2.88. The van der Waals surface area contributed by atoms with Crippen LogP contribution in [0.3, 0.4) is 0 Å². The van der Waals surface area contributed by atoms with Crippen LogP contribution in [0, 0.1) is 0 Å². The Hall–Kier alpha value is -2.14. The van der Waals surface area contributed by atoms with Crippen LogP contribution < -0.4 is 45.7 Å². The zero-order valence-corrected chi connectivity index (χ0v) is 8.31. The van der Waals surface area contributed by atoms with Crippen molar-refractivity contribution in [3.63, 3.8) is 0 Å². The first kappa shape index (κ1) is 11.9. The van der Waals surface area contributed by atoms with Crippen LogP contribution in [-0.2, 0) is 9.88 Å². The molecule has 0 aromatic heterocycles. The molecule has 0 atom stereocenters. The third-order valence-electron chi connectivity index (χ3n) is 2.04. The third-order valence-corrected chi connectivity index (χ3v) is 2.04. The normalized spacial score (nSPS) is 10.4. The smallest absolute Gasteiger partial charge is 0.149 e. The van der Waals surface area contributed by atoms with Crippen molar-refractivity contribution >= 4 is 34.1 Å². The molecular formula is C6H14N8O2. The van der Waals surface area contributed by atoms with Crippen molar-refractivity contribution in [3.05, 3.63) is 0 Å². The van der Waals surface area contributed by atoms with Crippen LogP contribution >= 0.6 is 0 Å². The first-order chi connectivity index (χ1) is 7.45. The Morgan fingerprint density at radius 2 is 0.938 bits per heavy atom. The number of benzene rings is 1. The number of anilines is 6. The first-order valence-corrected chi connectivity index (χ1v) is 4.00. The predicted molar refractivity (Wildman–Crippen MR) is 61.5 cm³/mol. The van der Waals surface area contributed by atoms with Gasteiger partial charge in [-0.3, -0.25) is 0 Å². The van der Waals surface area contributed by atoms with E-state index in [2.05, 4.69) is 9.88 Å². The van der Waals surface area contributed by atoms with Crippen molar-refractivity contribution in [2.75, 3.05) is 33.9 Å². The monoisotopic (exact) mass is 230 g/mol. The van der Waals surface area contributed by atoms with E-state index in [0.717, 1.165) is 0 Å². The van der Waals surface area contributed by atoms with E-state index in [1.165, 1.54) is 0 Å². The number of nitrogen functional groups attached to an aromatic ring is 5. The van der Waals surface area contributed by atoms with Gasteiger partial charge in [-0.25, -0.2) is 0 Å². The van der Waals surface area contributed by atoms with Crippen molar-refractivity contribution in [2.45, 2.75) is 0 Å². The molecule has 0 radical (unpaired) electrons. The van der Waals surface area contributed by atoms with Gasteiger partial charge >= 0.3 is 0 Å². The molecule has 0 aliphatic rings. The summed E-state index contributed by atoms with van der Waals surface area (Å²) in [5.74, 6) is 9.78. The summed E-state index contributed by atoms with van der Waals surface area (Å²) < 4.78 is 0. The average Bonchev–Trinajstić information content (AvgIpc) is 2.29. The minimum absolute atomic E-state index is 0.0138. The highest BCUT2D eigenvalue weighted by Gasteiger charge is 2.22. The maximum Gasteiger partial charge on any atom is 0.149 e. The molecule has 10 heteroatoms. The molecule has 1 aromatic rings. The fourth-order valence-electron chi connectivity index (χ4n) is 1.16. The SMILES string of the molecule is NON(ON)c1c(N)c(N)c(N)c(N)c1N. The molecular weight excluding hydrogens is 216 g/mol. The van der Waals surface area contributed by atoms with Crippen LogP contribution in [-0.4, -0.2) is 0 Å². The lowest BCUT2D eigenvalue weighted by molar-refractivity contribution is -0.0934. The van der Waals surface area contributed by atoms with Crippen LogP contribution in [0.15, 0.2) is 0 Å². The summed E-state index contributed by atoms with van der Waals surface area (Å²) in [5, 5.41) is 0.552. The van der Waals surface area contributed by atoms with E-state index in [9.17, 15) is 0 Å². The fourth-order valence-corrected chi connectivity index (χ4v) is 1.16. The molecule has 16 heavy (non-hydrogen) atoms. The Labute approximate surface area is 90.6 Å². The number of hydrogen-bond acceptors (Lipinski definition) is 10. The first-order valence-electron chi connectivity index (χ1n) is 4.00. The second-order valence-electron chi connectivity index (χ2n) is 2.88. The summed E-state index contributed by atoms with van der Waals surface area (Å²) >= 11 is 0. The minimum atomic E-state index is -0.0193. The van der Waals surface area contributed by atoms with Crippen molar-refractivity contribution in [2.24, 2.45) is 11.8 Å². The van der Waals surface area contributed by atoms with Gasteiger partial charge in [0.2, 0.25) is 0 Å². The summed E-state index contributed by atoms with van der Waals surface area (Å²) in [7, 11) is 0. The molecule has 0 aliphatic carbocycles. The summed E-state index contributed by atoms with van der Waals surface area (Å²) in [5.41, 5.74) is 28.1. The highest BCUT2D eigenvalue weighted by Crippen LogP contribution is 2.43. The molecule has 0 amide bonds. The standard InChI is InChI=1S/C6H14N8O2/c7-1-2(8)4(10)6(5(11)3(1)9)14(15-12)16-13/h7-13H2. The third kappa shape index (κ3) is 1.57. The molecule has 0 aliphatic heterocycles. The number of nitrogens with two attached hydrogens (primary N) is 7. The molecule has 90 valence electrons. The minimum Gasteiger partial charge on any atom is -0.395 e. The Morgan fingerprint density at radius 3 is 1.25 bits per heavy atom. The van der Waals surface area contributed by atoms with E-state index in [0.29, 0.717) is 5.23 Å². The van der Waals surface area contributed by atoms with E-state index >= 15 is 0 Å². The summed E-state index contributed by atoms with van der Waals surface area (Å²) in [4.78, 5) is 8.54. The van der Waals surface area contributed by atoms with Crippen molar-refractivity contribution < 1.29 is 9.88 Å². The van der Waals surface area contributed by atoms with E-state index in [1.807, 2.05) is 0 Å². The predicted octanol–water partition coefficient (Wildman–Crippen LogP) is -1.99. The highest BCUT2D eigenvalue weighted by atomic mass is 17.0. The lowest BCUT2D eigenvalue weighted by Gasteiger charge is -2.22. The Morgan fingerprint density at radius 1 is 0.625 bits per heavy atom. The van der Waals surface area contributed by atoms with Crippen LogP contribution in [0.5, 0.6) is 0 Å². The van der Waals surface area contributed by atoms with Crippen LogP contribution in [0.1, 0.15) is 0 Å². The Kier molecular flexibility index (Phi) is 3.10. The largest absolute Gasteiger partial charge is 0.395 e. The zero-order valence-electron chi connectivity index (χ0n) is 8.31. The van der Waals surface area contributed by atoms with Gasteiger partial charge in [0.25, 0.3) is 0 Å². The lowest BCUT2D eigenvalue weighted by atomic mass is 10.1. The summed E-state index contributed by atoms with van der Waals surface area (Å²) in [6, 6.07) is 0. The van der Waals surface area contributed by atoms with E-state index in [4.69, 9.17) is 40.5 Å². The lowest BCUT2D eigenvalue weighted by Crippen LogP contribution is -2.32. The van der Waals surface area contributed by atoms with Gasteiger partial charge in [0, 0.05) is 0 Å². The molecule has 0 unspecified atom stereocenters. The summed E-state index contributed by atoms with van der Waals surface area (Å²) in [6.45, 7) is 0. The molecule has 0 heterocycles. The number of rotatable bonds is 3. The number of nitrogens with zero attached hydrogens (tertiary/aromatic N) is 1. The van der Waals surface area contributed by atoms with E-state index < -0.39 is 0 Å². The van der Waals surface area contributed by atoms with Gasteiger partial charge in [0.05, 0.1) is 28.4 Å². The molecule has 1 rings (SSSR count). The van der Waals surface area contributed by atoms with E-state index in [-0.39, 0.29) is 34.1 Å². The second kappa shape index (κ2) is 4.16. The molecule has 0 saturated heterocycles. The van der Waals surface area contributed by atoms with Gasteiger partial charge in [-0.1, -0.05) is 5.23 Å². The average molecular weight is 230 g/mol. The highest BCUT2D eigenvalue weighted by molar-refractivity contribution is 6.03. The van der Waals surface area contributed by atoms with Gasteiger partial charge in [0.1, 0.15) is 5.69 Å². The topological polar surface area (TPSA) is 204 Å². The van der Waals surface area contributed by atoms with Gasteiger partial charge in [-0.2, -0.15) is 21.7 Å². The maximum absolute atomic E-state index is 5.65. The Balaban J connectivity index is 3.50. The van der Waals surface area contributed by atoms with Crippen molar-refractivity contribution in [1.29, 1.82) is 0 Å². The Bertz CT molecular complexity index is 375. The molecule has 0 saturated carbocycles. The number of hydrogen-bond donors (Lipinski definition) is 7. The van der Waals surface area contributed by atoms with Gasteiger partial charge < -0.3 is 28.7 Å². The van der Waals surface area contributed by atoms with Crippen LogP contribution in [0.4, 0.5) is 34.1 Å². The molecule has 0 fully saturated rings. The van der Waals surface area contributed by atoms with Gasteiger partial charge in [-0.15, -0.1) is 0 Å². The molecule has 0 spiro atoms. The molecule has 0 bridgehead atoms. The molecule has 1 aromatic carbocycles. The van der Waals surface area contributed by atoms with Crippen molar-refractivity contribution in [1.82, 2.24) is 0 Å². The zero-order chi connectivity index (χ0) is 12.5. The van der Waals surface area contributed by atoms with Crippen molar-refractivity contribution in [3.8, 4) is 0 Å². The van der Waals surface area contributed by atoms with Crippen LogP contribution in [0.25, 0.3) is 0 Å². The quantitative estimate of drug-likeness (QED) is 0.225. The van der Waals surface area contributed by atoms with E-state index in [1.54, 1.807) is 0 Å². The van der Waals surface area contributed by atoms with Crippen LogP contribution in [0.2, 0.25) is 0 Å². The fraction of sp³-hybridized carbons (Fsp3) is 0. The van der Waals surface area contributed by atoms with Gasteiger partial charge in [-0.05, 0) is 0 Å². The summed E-state index contributed by atoms with van der Waals surface area (Å²) in [6.07, 6.45) is 0. The maximum atomic E-state index is 5.65. The molecule has 14 N–H and O–H groups in total.